The Morgan fingerprint density at radius 3 is 1.79 bits per heavy atom. The summed E-state index contributed by atoms with van der Waals surface area (Å²) >= 11 is 0. The van der Waals surface area contributed by atoms with Crippen LogP contribution in [0.25, 0.3) is 0 Å². The Hall–Kier alpha value is -2.55. The van der Waals surface area contributed by atoms with E-state index >= 15 is 0 Å². The molecule has 3 heteroatoms. The van der Waals surface area contributed by atoms with Gasteiger partial charge in [0.1, 0.15) is 11.6 Å². The zero-order valence-corrected chi connectivity index (χ0v) is 17.5. The van der Waals surface area contributed by atoms with Crippen LogP contribution in [0.1, 0.15) is 68.9 Å². The van der Waals surface area contributed by atoms with Crippen molar-refractivity contribution in [1.82, 2.24) is 0 Å². The molecule has 28 heavy (non-hydrogen) atoms. The Balaban J connectivity index is 2.09. The van der Waals surface area contributed by atoms with Gasteiger partial charge in [-0.05, 0) is 38.7 Å². The van der Waals surface area contributed by atoms with Crippen molar-refractivity contribution in [2.75, 3.05) is 0 Å². The second-order valence-electron chi connectivity index (χ2n) is 8.63. The summed E-state index contributed by atoms with van der Waals surface area (Å²) in [6, 6.07) is 16.8. The molecule has 0 saturated heterocycles. The fourth-order valence-corrected chi connectivity index (χ4v) is 3.49. The molecule has 0 saturated carbocycles. The second-order valence-corrected chi connectivity index (χ2v) is 8.63. The molecule has 148 valence electrons. The maximum absolute atomic E-state index is 12.5. The lowest BCUT2D eigenvalue weighted by Gasteiger charge is -2.34. The van der Waals surface area contributed by atoms with Crippen molar-refractivity contribution in [3.05, 3.63) is 71.3 Å². The van der Waals surface area contributed by atoms with E-state index in [1.165, 1.54) is 0 Å². The maximum atomic E-state index is 12.5. The van der Waals surface area contributed by atoms with Gasteiger partial charge in [0.15, 0.2) is 5.78 Å². The number of ketones is 3. The first-order valence-corrected chi connectivity index (χ1v) is 9.76. The fourth-order valence-electron chi connectivity index (χ4n) is 3.49. The fraction of sp³-hybridized carbons (Fsp3) is 0.400. The largest absolute Gasteiger partial charge is 0.299 e. The minimum absolute atomic E-state index is 0.00364. The zero-order chi connectivity index (χ0) is 20.9. The van der Waals surface area contributed by atoms with E-state index in [1.54, 1.807) is 13.8 Å². The van der Waals surface area contributed by atoms with Crippen LogP contribution in [0.3, 0.4) is 0 Å². The van der Waals surface area contributed by atoms with Crippen molar-refractivity contribution >= 4 is 17.3 Å². The third kappa shape index (κ3) is 5.25. The number of aryl methyl sites for hydroxylation is 1. The molecule has 0 bridgehead atoms. The Labute approximate surface area is 168 Å². The highest BCUT2D eigenvalue weighted by Crippen LogP contribution is 2.38. The van der Waals surface area contributed by atoms with Gasteiger partial charge >= 0.3 is 0 Å². The summed E-state index contributed by atoms with van der Waals surface area (Å²) in [5.74, 6) is 0.213. The van der Waals surface area contributed by atoms with E-state index in [4.69, 9.17) is 0 Å². The van der Waals surface area contributed by atoms with Gasteiger partial charge in [-0.25, -0.2) is 0 Å². The highest BCUT2D eigenvalue weighted by molar-refractivity contribution is 6.08. The molecule has 1 atom stereocenters. The maximum Gasteiger partial charge on any atom is 0.193 e. The normalized spacial score (nSPS) is 13.6. The number of Topliss-reactive ketones (excluding diaryl/α,β-unsaturated/α-hetero) is 2. The molecule has 2 aromatic carbocycles. The van der Waals surface area contributed by atoms with Crippen LogP contribution < -0.4 is 0 Å². The van der Waals surface area contributed by atoms with Gasteiger partial charge in [0, 0.05) is 22.0 Å². The molecule has 1 unspecified atom stereocenters. The summed E-state index contributed by atoms with van der Waals surface area (Å²) in [5.41, 5.74) is 1.34. The smallest absolute Gasteiger partial charge is 0.193 e. The molecular formula is C25H30O3. The Bertz CT molecular complexity index is 847. The van der Waals surface area contributed by atoms with Crippen LogP contribution in [0.4, 0.5) is 0 Å². The van der Waals surface area contributed by atoms with Gasteiger partial charge in [-0.2, -0.15) is 0 Å². The van der Waals surface area contributed by atoms with Crippen molar-refractivity contribution in [3.8, 4) is 0 Å². The number of carbonyl (C=O) groups is 3. The summed E-state index contributed by atoms with van der Waals surface area (Å²) in [6.07, 6.45) is 1.93. The summed E-state index contributed by atoms with van der Waals surface area (Å²) in [6.45, 7) is 8.95. The van der Waals surface area contributed by atoms with Crippen molar-refractivity contribution in [1.29, 1.82) is 0 Å². The van der Waals surface area contributed by atoms with Gasteiger partial charge in [0.2, 0.25) is 0 Å². The highest BCUT2D eigenvalue weighted by Gasteiger charge is 2.38. The summed E-state index contributed by atoms with van der Waals surface area (Å²) in [5, 5.41) is 0. The average Bonchev–Trinajstić information content (AvgIpc) is 2.66. The molecule has 0 amide bonds. The van der Waals surface area contributed by atoms with Crippen LogP contribution in [0.15, 0.2) is 54.6 Å². The monoisotopic (exact) mass is 378 g/mol. The molecule has 0 fully saturated rings. The molecule has 0 aliphatic carbocycles. The molecular weight excluding hydrogens is 348 g/mol. The Morgan fingerprint density at radius 2 is 1.29 bits per heavy atom. The van der Waals surface area contributed by atoms with Gasteiger partial charge in [-0.3, -0.25) is 14.4 Å². The van der Waals surface area contributed by atoms with Crippen molar-refractivity contribution in [3.63, 3.8) is 0 Å². The lowest BCUT2D eigenvalue weighted by molar-refractivity contribution is -0.132. The first kappa shape index (κ1) is 21.7. The van der Waals surface area contributed by atoms with Gasteiger partial charge in [-0.15, -0.1) is 0 Å². The van der Waals surface area contributed by atoms with E-state index in [-0.39, 0.29) is 17.3 Å². The third-order valence-corrected chi connectivity index (χ3v) is 5.85. The third-order valence-electron chi connectivity index (χ3n) is 5.85. The number of hydrogen-bond donors (Lipinski definition) is 0. The molecule has 2 aromatic rings. The summed E-state index contributed by atoms with van der Waals surface area (Å²) < 4.78 is 0. The molecule has 0 N–H and O–H groups in total. The average molecular weight is 379 g/mol. The van der Waals surface area contributed by atoms with Crippen LogP contribution in [0.2, 0.25) is 0 Å². The Kier molecular flexibility index (Phi) is 6.71. The van der Waals surface area contributed by atoms with E-state index in [0.29, 0.717) is 24.0 Å². The molecule has 2 rings (SSSR count). The lowest BCUT2D eigenvalue weighted by Crippen LogP contribution is -2.35. The molecule has 0 aliphatic rings. The number of hydrogen-bond acceptors (Lipinski definition) is 3. The predicted octanol–water partition coefficient (Wildman–Crippen LogP) is 5.45. The van der Waals surface area contributed by atoms with Crippen LogP contribution in [-0.2, 0) is 16.0 Å². The highest BCUT2D eigenvalue weighted by atomic mass is 16.1. The van der Waals surface area contributed by atoms with Crippen LogP contribution >= 0.6 is 0 Å². The van der Waals surface area contributed by atoms with Crippen molar-refractivity contribution < 1.29 is 14.4 Å². The van der Waals surface area contributed by atoms with E-state index in [2.05, 4.69) is 0 Å². The van der Waals surface area contributed by atoms with E-state index in [9.17, 15) is 14.4 Å². The molecule has 0 aliphatic heterocycles. The molecule has 0 radical (unpaired) electrons. The SMILES string of the molecule is CC(=O)C(C)(C)CC(C)(CCc1ccc(C(=O)c2ccccc2)cc1)C(C)=O. The minimum atomic E-state index is -0.548. The second kappa shape index (κ2) is 8.64. The van der Waals surface area contributed by atoms with Crippen LogP contribution in [0.5, 0.6) is 0 Å². The summed E-state index contributed by atoms with van der Waals surface area (Å²) in [4.78, 5) is 36.8. The van der Waals surface area contributed by atoms with E-state index in [0.717, 1.165) is 12.0 Å². The number of carbonyl (C=O) groups excluding carboxylic acids is 3. The standard InChI is InChI=1S/C25H30O3/c1-18(26)24(3,4)17-25(5,19(2)27)16-15-20-11-13-22(14-12-20)23(28)21-9-7-6-8-10-21/h6-14H,15-17H2,1-5H3. The van der Waals surface area contributed by atoms with E-state index < -0.39 is 10.8 Å². The first-order chi connectivity index (χ1) is 13.0. The topological polar surface area (TPSA) is 51.2 Å². The molecule has 0 aromatic heterocycles. The van der Waals surface area contributed by atoms with Crippen molar-refractivity contribution in [2.24, 2.45) is 10.8 Å². The van der Waals surface area contributed by atoms with E-state index in [1.807, 2.05) is 75.4 Å². The van der Waals surface area contributed by atoms with Gasteiger partial charge in [-0.1, -0.05) is 75.4 Å². The summed E-state index contributed by atoms with van der Waals surface area (Å²) in [7, 11) is 0. The zero-order valence-electron chi connectivity index (χ0n) is 17.5. The quantitative estimate of drug-likeness (QED) is 0.545. The predicted molar refractivity (Wildman–Crippen MR) is 113 cm³/mol. The number of benzene rings is 2. The van der Waals surface area contributed by atoms with Crippen LogP contribution in [0, 0.1) is 10.8 Å². The number of rotatable bonds is 9. The molecule has 0 spiro atoms. The van der Waals surface area contributed by atoms with Gasteiger partial charge < -0.3 is 0 Å². The van der Waals surface area contributed by atoms with Gasteiger partial charge in [0.25, 0.3) is 0 Å². The Morgan fingerprint density at radius 1 is 0.750 bits per heavy atom. The molecule has 0 heterocycles. The minimum Gasteiger partial charge on any atom is -0.299 e. The molecule has 3 nitrogen and oxygen atoms in total. The van der Waals surface area contributed by atoms with Gasteiger partial charge in [0.05, 0.1) is 0 Å². The van der Waals surface area contributed by atoms with Crippen LogP contribution in [-0.4, -0.2) is 17.3 Å². The lowest BCUT2D eigenvalue weighted by atomic mass is 9.68. The van der Waals surface area contributed by atoms with Crippen molar-refractivity contribution in [2.45, 2.75) is 53.9 Å². The first-order valence-electron chi connectivity index (χ1n) is 9.76.